The molecule has 0 aliphatic carbocycles. The highest BCUT2D eigenvalue weighted by molar-refractivity contribution is 8.00. The molecule has 1 aromatic carbocycles. The summed E-state index contributed by atoms with van der Waals surface area (Å²) in [5, 5.41) is 2.50. The highest BCUT2D eigenvalue weighted by atomic mass is 35.5. The molecule has 0 saturated heterocycles. The lowest BCUT2D eigenvalue weighted by molar-refractivity contribution is -0.115. The summed E-state index contributed by atoms with van der Waals surface area (Å²) < 4.78 is 13.1. The van der Waals surface area contributed by atoms with E-state index in [1.54, 1.807) is 6.92 Å². The number of hydrogen-bond acceptors (Lipinski definition) is 2. The van der Waals surface area contributed by atoms with Gasteiger partial charge in [0.25, 0.3) is 0 Å². The number of amides is 1. The summed E-state index contributed by atoms with van der Waals surface area (Å²) in [6, 6.07) is 2.78. The van der Waals surface area contributed by atoms with Gasteiger partial charge < -0.3 is 5.32 Å². The van der Waals surface area contributed by atoms with Gasteiger partial charge in [0.05, 0.1) is 16.0 Å². The summed E-state index contributed by atoms with van der Waals surface area (Å²) in [5.41, 5.74) is 0.588. The molecule has 1 aliphatic rings. The largest absolute Gasteiger partial charge is 0.324 e. The number of fused-ring (bicyclic) bond motifs is 1. The Morgan fingerprint density at radius 3 is 3.00 bits per heavy atom. The maximum atomic E-state index is 13.1. The van der Waals surface area contributed by atoms with Crippen LogP contribution in [0.3, 0.4) is 0 Å². The van der Waals surface area contributed by atoms with Crippen LogP contribution >= 0.6 is 23.4 Å². The molecule has 0 aromatic heterocycles. The van der Waals surface area contributed by atoms with Crippen LogP contribution in [0.5, 0.6) is 0 Å². The Morgan fingerprint density at radius 2 is 2.29 bits per heavy atom. The molecule has 1 atom stereocenters. The standard InChI is InChI=1S/C9H7ClFNOS/c1-4-9(13)12-7-2-5(10)6(11)3-8(7)14-4/h2-4H,1H3,(H,12,13). The van der Waals surface area contributed by atoms with Crippen molar-refractivity contribution in [3.8, 4) is 0 Å². The normalized spacial score (nSPS) is 20.2. The third-order valence-electron chi connectivity index (χ3n) is 1.95. The van der Waals surface area contributed by atoms with Gasteiger partial charge in [-0.2, -0.15) is 0 Å². The number of thioether (sulfide) groups is 1. The third-order valence-corrected chi connectivity index (χ3v) is 3.40. The van der Waals surface area contributed by atoms with E-state index < -0.39 is 5.82 Å². The number of anilines is 1. The molecule has 1 aromatic rings. The number of halogens is 2. The van der Waals surface area contributed by atoms with E-state index in [-0.39, 0.29) is 16.2 Å². The summed E-state index contributed by atoms with van der Waals surface area (Å²) in [7, 11) is 0. The molecule has 1 amide bonds. The lowest BCUT2D eigenvalue weighted by atomic mass is 10.3. The number of benzene rings is 1. The Hall–Kier alpha value is -0.740. The van der Waals surface area contributed by atoms with E-state index in [1.165, 1.54) is 23.9 Å². The van der Waals surface area contributed by atoms with Crippen LogP contribution in [0.2, 0.25) is 5.02 Å². The number of hydrogen-bond donors (Lipinski definition) is 1. The number of carbonyl (C=O) groups excluding carboxylic acids is 1. The van der Waals surface area contributed by atoms with E-state index in [4.69, 9.17) is 11.6 Å². The molecule has 0 bridgehead atoms. The van der Waals surface area contributed by atoms with Crippen LogP contribution in [0.1, 0.15) is 6.92 Å². The molecule has 1 unspecified atom stereocenters. The first kappa shape index (κ1) is 9.80. The molecule has 14 heavy (non-hydrogen) atoms. The SMILES string of the molecule is CC1Sc2cc(F)c(Cl)cc2NC1=O. The number of carbonyl (C=O) groups is 1. The zero-order chi connectivity index (χ0) is 10.3. The maximum Gasteiger partial charge on any atom is 0.237 e. The van der Waals surface area contributed by atoms with Gasteiger partial charge >= 0.3 is 0 Å². The fraction of sp³-hybridized carbons (Fsp3) is 0.222. The Bertz CT molecular complexity index is 410. The molecule has 2 rings (SSSR count). The topological polar surface area (TPSA) is 29.1 Å². The highest BCUT2D eigenvalue weighted by Crippen LogP contribution is 2.37. The summed E-state index contributed by atoms with van der Waals surface area (Å²) >= 11 is 6.93. The van der Waals surface area contributed by atoms with Gasteiger partial charge in [0.2, 0.25) is 5.91 Å². The van der Waals surface area contributed by atoms with Gasteiger partial charge in [0.1, 0.15) is 5.82 Å². The zero-order valence-corrected chi connectivity index (χ0v) is 8.88. The first-order chi connectivity index (χ1) is 6.58. The van der Waals surface area contributed by atoms with Crippen LogP contribution < -0.4 is 5.32 Å². The minimum absolute atomic E-state index is 0.0270. The number of nitrogens with one attached hydrogen (secondary N) is 1. The quantitative estimate of drug-likeness (QED) is 0.744. The van der Waals surface area contributed by atoms with Crippen LogP contribution in [0.15, 0.2) is 17.0 Å². The molecule has 0 radical (unpaired) electrons. The first-order valence-corrected chi connectivity index (χ1v) is 5.30. The second-order valence-electron chi connectivity index (χ2n) is 3.01. The van der Waals surface area contributed by atoms with Gasteiger partial charge in [-0.1, -0.05) is 11.6 Å². The van der Waals surface area contributed by atoms with Crippen LogP contribution in [0, 0.1) is 5.82 Å². The number of rotatable bonds is 0. The third kappa shape index (κ3) is 1.60. The van der Waals surface area contributed by atoms with Gasteiger partial charge in [0, 0.05) is 4.90 Å². The van der Waals surface area contributed by atoms with Crippen LogP contribution in [-0.4, -0.2) is 11.2 Å². The molecule has 5 heteroatoms. The van der Waals surface area contributed by atoms with Crippen molar-refractivity contribution < 1.29 is 9.18 Å². The zero-order valence-electron chi connectivity index (χ0n) is 7.30. The van der Waals surface area contributed by atoms with Crippen molar-refractivity contribution in [2.75, 3.05) is 5.32 Å². The minimum atomic E-state index is -0.457. The van der Waals surface area contributed by atoms with Gasteiger partial charge in [-0.15, -0.1) is 11.8 Å². The average Bonchev–Trinajstić information content (AvgIpc) is 2.11. The predicted molar refractivity (Wildman–Crippen MR) is 55.4 cm³/mol. The van der Waals surface area contributed by atoms with Gasteiger partial charge in [-0.05, 0) is 19.1 Å². The van der Waals surface area contributed by atoms with Gasteiger partial charge in [-0.25, -0.2) is 4.39 Å². The minimum Gasteiger partial charge on any atom is -0.324 e. The van der Waals surface area contributed by atoms with Crippen molar-refractivity contribution in [3.05, 3.63) is 23.0 Å². The van der Waals surface area contributed by atoms with Crippen molar-refractivity contribution in [1.29, 1.82) is 0 Å². The fourth-order valence-corrected chi connectivity index (χ4v) is 2.32. The Kier molecular flexibility index (Phi) is 2.41. The maximum absolute atomic E-state index is 13.1. The average molecular weight is 232 g/mol. The van der Waals surface area contributed by atoms with Crippen molar-refractivity contribution >= 4 is 35.0 Å². The Balaban J connectivity index is 2.47. The molecule has 74 valence electrons. The molecule has 2 nitrogen and oxygen atoms in total. The van der Waals surface area contributed by atoms with Crippen LogP contribution in [0.4, 0.5) is 10.1 Å². The van der Waals surface area contributed by atoms with Crippen LogP contribution in [-0.2, 0) is 4.79 Å². The van der Waals surface area contributed by atoms with Crippen LogP contribution in [0.25, 0.3) is 0 Å². The van der Waals surface area contributed by atoms with Crippen molar-refractivity contribution in [3.63, 3.8) is 0 Å². The van der Waals surface area contributed by atoms with E-state index in [9.17, 15) is 9.18 Å². The summed E-state index contributed by atoms with van der Waals surface area (Å²) in [6.45, 7) is 1.77. The lowest BCUT2D eigenvalue weighted by Gasteiger charge is -2.21. The van der Waals surface area contributed by atoms with E-state index in [0.29, 0.717) is 5.69 Å². The second kappa shape index (κ2) is 3.44. The van der Waals surface area contributed by atoms with Gasteiger partial charge in [0.15, 0.2) is 0 Å². The lowest BCUT2D eigenvalue weighted by Crippen LogP contribution is -2.26. The Labute approximate surface area is 89.8 Å². The molecule has 1 aliphatic heterocycles. The second-order valence-corrected chi connectivity index (χ2v) is 4.80. The molecular weight excluding hydrogens is 225 g/mol. The smallest absolute Gasteiger partial charge is 0.237 e. The Morgan fingerprint density at radius 1 is 1.57 bits per heavy atom. The van der Waals surface area contributed by atoms with E-state index in [0.717, 1.165) is 4.90 Å². The molecule has 1 heterocycles. The molecule has 1 N–H and O–H groups in total. The first-order valence-electron chi connectivity index (χ1n) is 4.04. The van der Waals surface area contributed by atoms with E-state index in [2.05, 4.69) is 5.32 Å². The fourth-order valence-electron chi connectivity index (χ4n) is 1.20. The molecule has 0 fully saturated rings. The molecular formula is C9H7ClFNOS. The molecule has 0 spiro atoms. The van der Waals surface area contributed by atoms with Crippen molar-refractivity contribution in [2.24, 2.45) is 0 Å². The van der Waals surface area contributed by atoms with Crippen molar-refractivity contribution in [1.82, 2.24) is 0 Å². The summed E-state index contributed by atoms with van der Waals surface area (Å²) in [6.07, 6.45) is 0. The van der Waals surface area contributed by atoms with E-state index in [1.807, 2.05) is 0 Å². The monoisotopic (exact) mass is 231 g/mol. The highest BCUT2D eigenvalue weighted by Gasteiger charge is 2.24. The van der Waals surface area contributed by atoms with Gasteiger partial charge in [-0.3, -0.25) is 4.79 Å². The predicted octanol–water partition coefficient (Wildman–Crippen LogP) is 2.91. The van der Waals surface area contributed by atoms with Crippen molar-refractivity contribution in [2.45, 2.75) is 17.1 Å². The summed E-state index contributed by atoms with van der Waals surface area (Å²) in [5.74, 6) is -0.536. The molecule has 0 saturated carbocycles. The van der Waals surface area contributed by atoms with E-state index >= 15 is 0 Å². The summed E-state index contributed by atoms with van der Waals surface area (Å²) in [4.78, 5) is 12.0.